The number of hydrogen-bond donors (Lipinski definition) is 3. The summed E-state index contributed by atoms with van der Waals surface area (Å²) in [6.07, 6.45) is -0.0543. The average Bonchev–Trinajstić information content (AvgIpc) is 3.05. The molecule has 0 spiro atoms. The van der Waals surface area contributed by atoms with Crippen LogP contribution >= 0.6 is 0 Å². The van der Waals surface area contributed by atoms with Gasteiger partial charge in [-0.25, -0.2) is 0 Å². The molecule has 0 aliphatic rings. The SMILES string of the molecule is CC(N)COC(C)COCCN(CCOCC(C)OCC(C)N)c1ccc(N(CCOCC(C)OCC(C)N)c2ccccc2)cc1. The molecule has 0 radical (unpaired) electrons. The Bertz CT molecular complexity index is 1000. The normalized spacial score (nSPS) is 15.5. The first-order valence-electron chi connectivity index (χ1n) is 17.1. The van der Waals surface area contributed by atoms with Crippen LogP contribution in [0.4, 0.5) is 17.1 Å². The molecule has 268 valence electrons. The van der Waals surface area contributed by atoms with Crippen molar-refractivity contribution in [2.24, 2.45) is 17.2 Å². The van der Waals surface area contributed by atoms with Crippen LogP contribution in [0.1, 0.15) is 41.5 Å². The summed E-state index contributed by atoms with van der Waals surface area (Å²) in [5.41, 5.74) is 20.7. The van der Waals surface area contributed by atoms with Crippen molar-refractivity contribution in [3.8, 4) is 0 Å². The van der Waals surface area contributed by atoms with Crippen molar-refractivity contribution in [2.45, 2.75) is 78.0 Å². The molecule has 6 N–H and O–H groups in total. The third-order valence-corrected chi connectivity index (χ3v) is 7.05. The fourth-order valence-corrected chi connectivity index (χ4v) is 4.57. The Morgan fingerprint density at radius 1 is 0.468 bits per heavy atom. The molecule has 0 amide bonds. The van der Waals surface area contributed by atoms with E-state index >= 15 is 0 Å². The van der Waals surface area contributed by atoms with Gasteiger partial charge in [-0.15, -0.1) is 0 Å². The molecule has 0 saturated heterocycles. The third kappa shape index (κ3) is 18.7. The van der Waals surface area contributed by atoms with Gasteiger partial charge >= 0.3 is 0 Å². The van der Waals surface area contributed by atoms with Crippen LogP contribution in [0.3, 0.4) is 0 Å². The standard InChI is InChI=1S/C36H63N5O6/c1-28(37)22-45-31(4)25-42-19-16-40(17-20-43-26-32(5)46-23-29(2)38)34-12-14-36(15-13-34)41(35-10-8-7-9-11-35)18-21-44-27-33(6)47-24-30(3)39/h7-15,28-33H,16-27,37-39H2,1-6H3. The van der Waals surface area contributed by atoms with E-state index in [0.29, 0.717) is 79.1 Å². The van der Waals surface area contributed by atoms with Crippen LogP contribution in [0.5, 0.6) is 0 Å². The maximum Gasteiger partial charge on any atom is 0.0781 e. The van der Waals surface area contributed by atoms with E-state index in [1.807, 2.05) is 59.7 Å². The summed E-state index contributed by atoms with van der Waals surface area (Å²) < 4.78 is 35.2. The Morgan fingerprint density at radius 2 is 0.830 bits per heavy atom. The summed E-state index contributed by atoms with van der Waals surface area (Å²) in [5.74, 6) is 0. The zero-order chi connectivity index (χ0) is 34.4. The molecule has 2 aromatic rings. The summed E-state index contributed by atoms with van der Waals surface area (Å²) >= 11 is 0. The topological polar surface area (TPSA) is 140 Å². The van der Waals surface area contributed by atoms with Crippen molar-refractivity contribution >= 4 is 17.1 Å². The van der Waals surface area contributed by atoms with E-state index in [1.165, 1.54) is 0 Å². The van der Waals surface area contributed by atoms with Crippen LogP contribution in [-0.4, -0.2) is 116 Å². The highest BCUT2D eigenvalue weighted by atomic mass is 16.5. The fourth-order valence-electron chi connectivity index (χ4n) is 4.57. The second kappa shape index (κ2) is 23.9. The van der Waals surface area contributed by atoms with Gasteiger partial charge in [-0.3, -0.25) is 0 Å². The van der Waals surface area contributed by atoms with E-state index in [-0.39, 0.29) is 36.4 Å². The molecule has 2 aromatic carbocycles. The second-order valence-corrected chi connectivity index (χ2v) is 12.6. The molecule has 0 bridgehead atoms. The molecule has 0 saturated carbocycles. The number of ether oxygens (including phenoxy) is 6. The number of rotatable bonds is 27. The van der Waals surface area contributed by atoms with Gasteiger partial charge in [0.1, 0.15) is 0 Å². The molecule has 6 atom stereocenters. The van der Waals surface area contributed by atoms with Crippen molar-refractivity contribution in [1.82, 2.24) is 0 Å². The molecule has 6 unspecified atom stereocenters. The van der Waals surface area contributed by atoms with Gasteiger partial charge in [-0.1, -0.05) is 18.2 Å². The number of nitrogens with two attached hydrogens (primary N) is 3. The van der Waals surface area contributed by atoms with E-state index in [0.717, 1.165) is 17.1 Å². The monoisotopic (exact) mass is 661 g/mol. The molecule has 11 nitrogen and oxygen atoms in total. The highest BCUT2D eigenvalue weighted by molar-refractivity contribution is 5.65. The minimum atomic E-state index is -0.0203. The predicted octanol–water partition coefficient (Wildman–Crippen LogP) is 3.94. The van der Waals surface area contributed by atoms with E-state index in [9.17, 15) is 0 Å². The fraction of sp³-hybridized carbons (Fsp3) is 0.667. The number of hydrogen-bond acceptors (Lipinski definition) is 11. The number of anilines is 3. The zero-order valence-corrected chi connectivity index (χ0v) is 29.7. The van der Waals surface area contributed by atoms with E-state index in [4.69, 9.17) is 45.6 Å². The van der Waals surface area contributed by atoms with Crippen molar-refractivity contribution in [2.75, 3.05) is 88.9 Å². The van der Waals surface area contributed by atoms with Gasteiger partial charge in [-0.2, -0.15) is 0 Å². The lowest BCUT2D eigenvalue weighted by Crippen LogP contribution is -2.33. The Balaban J connectivity index is 2.04. The molecule has 0 fully saturated rings. The van der Waals surface area contributed by atoms with Gasteiger partial charge in [0.25, 0.3) is 0 Å². The largest absolute Gasteiger partial charge is 0.377 e. The van der Waals surface area contributed by atoms with E-state index in [2.05, 4.69) is 46.2 Å². The highest BCUT2D eigenvalue weighted by Gasteiger charge is 2.14. The first-order chi connectivity index (χ1) is 22.5. The van der Waals surface area contributed by atoms with Crippen molar-refractivity contribution in [3.05, 3.63) is 54.6 Å². The lowest BCUT2D eigenvalue weighted by molar-refractivity contribution is -0.0111. The predicted molar refractivity (Wildman–Crippen MR) is 192 cm³/mol. The maximum absolute atomic E-state index is 5.99. The van der Waals surface area contributed by atoms with Crippen molar-refractivity contribution in [3.63, 3.8) is 0 Å². The van der Waals surface area contributed by atoms with Gasteiger partial charge in [0.2, 0.25) is 0 Å². The highest BCUT2D eigenvalue weighted by Crippen LogP contribution is 2.27. The number of benzene rings is 2. The second-order valence-electron chi connectivity index (χ2n) is 12.6. The van der Waals surface area contributed by atoms with Crippen LogP contribution < -0.4 is 27.0 Å². The zero-order valence-electron chi connectivity index (χ0n) is 29.7. The Kier molecular flexibility index (Phi) is 20.8. The first kappa shape index (κ1) is 40.9. The third-order valence-electron chi connectivity index (χ3n) is 7.05. The Morgan fingerprint density at radius 3 is 1.23 bits per heavy atom. The molecule has 2 rings (SSSR count). The van der Waals surface area contributed by atoms with E-state index in [1.54, 1.807) is 0 Å². The first-order valence-corrected chi connectivity index (χ1v) is 17.1. The minimum absolute atomic E-state index is 0.00172. The maximum atomic E-state index is 5.99. The molecular formula is C36H63N5O6. The summed E-state index contributed by atoms with van der Waals surface area (Å²) in [6, 6.07) is 19.0. The lowest BCUT2D eigenvalue weighted by Gasteiger charge is -2.28. The summed E-state index contributed by atoms with van der Waals surface area (Å²) in [4.78, 5) is 4.55. The minimum Gasteiger partial charge on any atom is -0.377 e. The molecular weight excluding hydrogens is 598 g/mol. The molecule has 11 heteroatoms. The van der Waals surface area contributed by atoms with Crippen LogP contribution in [0.25, 0.3) is 0 Å². The summed E-state index contributed by atoms with van der Waals surface area (Å²) in [7, 11) is 0. The van der Waals surface area contributed by atoms with Crippen LogP contribution in [0, 0.1) is 0 Å². The number of nitrogens with zero attached hydrogens (tertiary/aromatic N) is 2. The Hall–Kier alpha value is -2.32. The molecule has 0 aliphatic carbocycles. The van der Waals surface area contributed by atoms with Gasteiger partial charge in [-0.05, 0) is 77.9 Å². The molecule has 0 aliphatic heterocycles. The van der Waals surface area contributed by atoms with Crippen molar-refractivity contribution in [1.29, 1.82) is 0 Å². The number of para-hydroxylation sites is 1. The smallest absolute Gasteiger partial charge is 0.0781 e. The lowest BCUT2D eigenvalue weighted by atomic mass is 10.2. The van der Waals surface area contributed by atoms with E-state index < -0.39 is 0 Å². The van der Waals surface area contributed by atoms with Crippen LogP contribution in [0.2, 0.25) is 0 Å². The van der Waals surface area contributed by atoms with Gasteiger partial charge in [0.05, 0.1) is 77.8 Å². The molecule has 0 aromatic heterocycles. The van der Waals surface area contributed by atoms with Gasteiger partial charge in [0, 0.05) is 54.8 Å². The van der Waals surface area contributed by atoms with Crippen molar-refractivity contribution < 1.29 is 28.4 Å². The summed E-state index contributed by atoms with van der Waals surface area (Å²) in [5, 5.41) is 0. The molecule has 47 heavy (non-hydrogen) atoms. The quantitative estimate of drug-likeness (QED) is 0.120. The van der Waals surface area contributed by atoms with Crippen LogP contribution in [0.15, 0.2) is 54.6 Å². The van der Waals surface area contributed by atoms with Crippen LogP contribution in [-0.2, 0) is 28.4 Å². The molecule has 0 heterocycles. The average molecular weight is 662 g/mol. The Labute approximate surface area is 283 Å². The summed E-state index contributed by atoms with van der Waals surface area (Å²) in [6.45, 7) is 18.7. The van der Waals surface area contributed by atoms with Gasteiger partial charge < -0.3 is 55.4 Å². The van der Waals surface area contributed by atoms with Gasteiger partial charge in [0.15, 0.2) is 0 Å².